The Kier molecular flexibility index (Phi) is 2.59. The van der Waals surface area contributed by atoms with Crippen LogP contribution in [0, 0.1) is 0 Å². The molecule has 0 saturated carbocycles. The fraction of sp³-hybridized carbons (Fsp3) is 0.875. The summed E-state index contributed by atoms with van der Waals surface area (Å²) in [5.74, 6) is 0.430. The van der Waals surface area contributed by atoms with Crippen LogP contribution in [0.4, 0.5) is 0 Å². The summed E-state index contributed by atoms with van der Waals surface area (Å²) in [4.78, 5) is 13.2. The standard InChI is InChI=1S/C8H12BrNO3S/c9-7-1-3-10(8(7)11)6-2-4-14(12,13)5-6/h6-7H,1-5H2/t6-,7+/m1/s1. The second kappa shape index (κ2) is 3.48. The summed E-state index contributed by atoms with van der Waals surface area (Å²) in [7, 11) is -2.88. The van der Waals surface area contributed by atoms with E-state index in [1.807, 2.05) is 0 Å². The third-order valence-corrected chi connectivity index (χ3v) is 5.42. The molecule has 2 fully saturated rings. The summed E-state index contributed by atoms with van der Waals surface area (Å²) in [6, 6.07) is -0.0740. The van der Waals surface area contributed by atoms with Gasteiger partial charge in [-0.3, -0.25) is 4.79 Å². The average Bonchev–Trinajstić information content (AvgIpc) is 2.59. The highest BCUT2D eigenvalue weighted by atomic mass is 79.9. The van der Waals surface area contributed by atoms with Crippen LogP contribution < -0.4 is 0 Å². The average molecular weight is 282 g/mol. The molecule has 2 aliphatic rings. The van der Waals surface area contributed by atoms with Crippen molar-refractivity contribution in [1.82, 2.24) is 4.90 Å². The van der Waals surface area contributed by atoms with E-state index in [4.69, 9.17) is 0 Å². The second-order valence-corrected chi connectivity index (χ2v) is 7.18. The van der Waals surface area contributed by atoms with Crippen molar-refractivity contribution >= 4 is 31.7 Å². The number of likely N-dealkylation sites (tertiary alicyclic amines) is 1. The molecule has 0 aromatic heterocycles. The lowest BCUT2D eigenvalue weighted by atomic mass is 10.2. The Balaban J connectivity index is 2.08. The first-order valence-electron chi connectivity index (χ1n) is 4.64. The predicted molar refractivity (Wildman–Crippen MR) is 56.1 cm³/mol. The van der Waals surface area contributed by atoms with Crippen LogP contribution in [0.2, 0.25) is 0 Å². The van der Waals surface area contributed by atoms with Crippen molar-refractivity contribution in [1.29, 1.82) is 0 Å². The number of hydrogen-bond donors (Lipinski definition) is 0. The maximum absolute atomic E-state index is 11.6. The van der Waals surface area contributed by atoms with Crippen LogP contribution in [0.3, 0.4) is 0 Å². The molecule has 1 amide bonds. The van der Waals surface area contributed by atoms with E-state index in [1.54, 1.807) is 4.90 Å². The van der Waals surface area contributed by atoms with Gasteiger partial charge in [-0.15, -0.1) is 0 Å². The Morgan fingerprint density at radius 2 is 2.07 bits per heavy atom. The normalized spacial score (nSPS) is 36.6. The molecule has 0 aromatic rings. The van der Waals surface area contributed by atoms with E-state index in [-0.39, 0.29) is 28.3 Å². The van der Waals surface area contributed by atoms with Gasteiger partial charge in [0.05, 0.1) is 16.3 Å². The molecule has 2 saturated heterocycles. The zero-order valence-corrected chi connectivity index (χ0v) is 10.1. The Labute approximate surface area is 91.7 Å². The predicted octanol–water partition coefficient (Wildman–Crippen LogP) is 0.169. The van der Waals surface area contributed by atoms with E-state index >= 15 is 0 Å². The van der Waals surface area contributed by atoms with Gasteiger partial charge in [-0.2, -0.15) is 0 Å². The minimum absolute atomic E-state index is 0.0482. The lowest BCUT2D eigenvalue weighted by molar-refractivity contribution is -0.128. The van der Waals surface area contributed by atoms with E-state index in [2.05, 4.69) is 15.9 Å². The molecule has 0 spiro atoms. The summed E-state index contributed by atoms with van der Waals surface area (Å²) >= 11 is 3.28. The third-order valence-electron chi connectivity index (χ3n) is 2.82. The van der Waals surface area contributed by atoms with E-state index in [1.165, 1.54) is 0 Å². The molecule has 4 nitrogen and oxygen atoms in total. The van der Waals surface area contributed by atoms with Gasteiger partial charge in [0.15, 0.2) is 9.84 Å². The van der Waals surface area contributed by atoms with E-state index in [0.29, 0.717) is 13.0 Å². The number of carbonyl (C=O) groups is 1. The molecule has 0 radical (unpaired) electrons. The van der Waals surface area contributed by atoms with Crippen LogP contribution in [-0.2, 0) is 14.6 Å². The van der Waals surface area contributed by atoms with E-state index in [9.17, 15) is 13.2 Å². The number of carbonyl (C=O) groups excluding carboxylic acids is 1. The number of halogens is 1. The molecule has 2 heterocycles. The highest BCUT2D eigenvalue weighted by Crippen LogP contribution is 2.25. The number of hydrogen-bond acceptors (Lipinski definition) is 3. The zero-order valence-electron chi connectivity index (χ0n) is 7.65. The Hall–Kier alpha value is -0.100. The first-order valence-corrected chi connectivity index (χ1v) is 7.38. The van der Waals surface area contributed by atoms with Crippen LogP contribution >= 0.6 is 15.9 Å². The highest BCUT2D eigenvalue weighted by molar-refractivity contribution is 9.10. The Morgan fingerprint density at radius 1 is 1.36 bits per heavy atom. The SMILES string of the molecule is O=C1[C@@H](Br)CCN1[C@@H]1CCS(=O)(=O)C1. The Bertz CT molecular complexity index is 354. The first-order chi connectivity index (χ1) is 6.49. The summed E-state index contributed by atoms with van der Waals surface area (Å²) < 4.78 is 22.5. The number of alkyl halides is 1. The monoisotopic (exact) mass is 281 g/mol. The molecule has 2 aliphatic heterocycles. The van der Waals surface area contributed by atoms with Gasteiger partial charge in [0.25, 0.3) is 0 Å². The molecule has 6 heteroatoms. The molecule has 2 rings (SSSR count). The van der Waals surface area contributed by atoms with Crippen molar-refractivity contribution in [2.45, 2.75) is 23.7 Å². The quantitative estimate of drug-likeness (QED) is 0.644. The lowest BCUT2D eigenvalue weighted by Gasteiger charge is -2.22. The highest BCUT2D eigenvalue weighted by Gasteiger charge is 2.39. The molecule has 0 N–H and O–H groups in total. The molecule has 0 aromatic carbocycles. The summed E-state index contributed by atoms with van der Waals surface area (Å²) in [6.07, 6.45) is 1.39. The number of sulfone groups is 1. The topological polar surface area (TPSA) is 54.5 Å². The minimum Gasteiger partial charge on any atom is -0.338 e. The molecular formula is C8H12BrNO3S. The van der Waals surface area contributed by atoms with Crippen molar-refractivity contribution in [2.24, 2.45) is 0 Å². The largest absolute Gasteiger partial charge is 0.338 e. The molecule has 0 bridgehead atoms. The fourth-order valence-electron chi connectivity index (χ4n) is 2.05. The Morgan fingerprint density at radius 3 is 2.50 bits per heavy atom. The number of rotatable bonds is 1. The molecule has 14 heavy (non-hydrogen) atoms. The van der Waals surface area contributed by atoms with Gasteiger partial charge >= 0.3 is 0 Å². The van der Waals surface area contributed by atoms with Crippen LogP contribution in [0.1, 0.15) is 12.8 Å². The van der Waals surface area contributed by atoms with Crippen molar-refractivity contribution in [3.8, 4) is 0 Å². The first kappa shape index (κ1) is 10.4. The summed E-state index contributed by atoms with van der Waals surface area (Å²) in [5.41, 5.74) is 0. The lowest BCUT2D eigenvalue weighted by Crippen LogP contribution is -2.38. The van der Waals surface area contributed by atoms with Crippen molar-refractivity contribution in [2.75, 3.05) is 18.1 Å². The second-order valence-electron chi connectivity index (χ2n) is 3.84. The maximum atomic E-state index is 11.6. The fourth-order valence-corrected chi connectivity index (χ4v) is 4.25. The van der Waals surface area contributed by atoms with Crippen LogP contribution in [0.15, 0.2) is 0 Å². The van der Waals surface area contributed by atoms with E-state index < -0.39 is 9.84 Å². The third kappa shape index (κ3) is 1.82. The number of amides is 1. The smallest absolute Gasteiger partial charge is 0.236 e. The van der Waals surface area contributed by atoms with E-state index in [0.717, 1.165) is 6.42 Å². The molecule has 0 aliphatic carbocycles. The van der Waals surface area contributed by atoms with Gasteiger partial charge in [0.1, 0.15) is 0 Å². The van der Waals surface area contributed by atoms with Gasteiger partial charge in [0.2, 0.25) is 5.91 Å². The van der Waals surface area contributed by atoms with Gasteiger partial charge in [-0.1, -0.05) is 15.9 Å². The van der Waals surface area contributed by atoms with Crippen LogP contribution in [0.25, 0.3) is 0 Å². The zero-order chi connectivity index (χ0) is 10.3. The van der Waals surface area contributed by atoms with Crippen molar-refractivity contribution < 1.29 is 13.2 Å². The maximum Gasteiger partial charge on any atom is 0.236 e. The van der Waals surface area contributed by atoms with Gasteiger partial charge in [0, 0.05) is 12.6 Å². The molecule has 0 unspecified atom stereocenters. The van der Waals surface area contributed by atoms with Gasteiger partial charge < -0.3 is 4.90 Å². The molecular weight excluding hydrogens is 270 g/mol. The summed E-state index contributed by atoms with van der Waals surface area (Å²) in [6.45, 7) is 0.689. The van der Waals surface area contributed by atoms with Crippen molar-refractivity contribution in [3.05, 3.63) is 0 Å². The number of nitrogens with zero attached hydrogens (tertiary/aromatic N) is 1. The molecule has 2 atom stereocenters. The van der Waals surface area contributed by atoms with Crippen LogP contribution in [0.5, 0.6) is 0 Å². The van der Waals surface area contributed by atoms with Gasteiger partial charge in [-0.25, -0.2) is 8.42 Å². The summed E-state index contributed by atoms with van der Waals surface area (Å²) in [5, 5.41) is 0. The van der Waals surface area contributed by atoms with Crippen molar-refractivity contribution in [3.63, 3.8) is 0 Å². The minimum atomic E-state index is -2.88. The van der Waals surface area contributed by atoms with Crippen LogP contribution in [-0.4, -0.2) is 48.1 Å². The molecule has 80 valence electrons. The van der Waals surface area contributed by atoms with Gasteiger partial charge in [-0.05, 0) is 12.8 Å².